The Bertz CT molecular complexity index is 1640. The molecule has 0 bridgehead atoms. The first-order chi connectivity index (χ1) is 20.1. The minimum absolute atomic E-state index is 0.0520. The summed E-state index contributed by atoms with van der Waals surface area (Å²) < 4.78 is 13.4. The highest BCUT2D eigenvalue weighted by atomic mass is 32.1. The zero-order chi connectivity index (χ0) is 30.0. The number of benzene rings is 1. The SMILES string of the molecule is CCN1C(=O)C(C)(C)C(=O)N(C)c2cc(OCCCN(CCn3ccc4oc(C)cc4c3=O)Cc3cncs3)ccc21. The van der Waals surface area contributed by atoms with E-state index >= 15 is 0 Å². The van der Waals surface area contributed by atoms with E-state index < -0.39 is 5.41 Å². The highest BCUT2D eigenvalue weighted by Gasteiger charge is 2.45. The van der Waals surface area contributed by atoms with Crippen molar-refractivity contribution in [3.63, 3.8) is 0 Å². The number of rotatable bonds is 11. The zero-order valence-electron chi connectivity index (χ0n) is 24.8. The summed E-state index contributed by atoms with van der Waals surface area (Å²) in [4.78, 5) is 50.1. The van der Waals surface area contributed by atoms with Crippen molar-refractivity contribution in [1.29, 1.82) is 0 Å². The van der Waals surface area contributed by atoms with Gasteiger partial charge < -0.3 is 23.5 Å². The summed E-state index contributed by atoms with van der Waals surface area (Å²) in [6.07, 6.45) is 4.42. The van der Waals surface area contributed by atoms with Gasteiger partial charge in [-0.3, -0.25) is 24.3 Å². The summed E-state index contributed by atoms with van der Waals surface area (Å²) in [6, 6.07) is 9.16. The molecule has 222 valence electrons. The highest BCUT2D eigenvalue weighted by molar-refractivity contribution is 7.09. The molecule has 0 aliphatic carbocycles. The molecular formula is C31H37N5O5S. The average molecular weight is 592 g/mol. The van der Waals surface area contributed by atoms with Gasteiger partial charge in [-0.25, -0.2) is 0 Å². The summed E-state index contributed by atoms with van der Waals surface area (Å²) in [5.41, 5.74) is 2.58. The van der Waals surface area contributed by atoms with E-state index in [1.165, 1.54) is 0 Å². The third kappa shape index (κ3) is 5.84. The monoisotopic (exact) mass is 591 g/mol. The quantitative estimate of drug-likeness (QED) is 0.184. The fourth-order valence-corrected chi connectivity index (χ4v) is 6.02. The first-order valence-electron chi connectivity index (χ1n) is 14.2. The van der Waals surface area contributed by atoms with Gasteiger partial charge in [0.15, 0.2) is 0 Å². The first-order valence-corrected chi connectivity index (χ1v) is 15.0. The average Bonchev–Trinajstić information content (AvgIpc) is 3.62. The molecule has 0 saturated heterocycles. The summed E-state index contributed by atoms with van der Waals surface area (Å²) in [5.74, 6) is 0.902. The number of hydrogen-bond donors (Lipinski definition) is 0. The van der Waals surface area contributed by atoms with Crippen LogP contribution in [0.25, 0.3) is 11.0 Å². The van der Waals surface area contributed by atoms with Gasteiger partial charge in [-0.05, 0) is 58.4 Å². The number of aryl methyl sites for hydroxylation is 1. The minimum Gasteiger partial charge on any atom is -0.493 e. The van der Waals surface area contributed by atoms with Crippen LogP contribution in [0.3, 0.4) is 0 Å². The van der Waals surface area contributed by atoms with Crippen molar-refractivity contribution in [2.24, 2.45) is 5.41 Å². The van der Waals surface area contributed by atoms with E-state index in [9.17, 15) is 14.4 Å². The molecule has 2 amide bonds. The Labute approximate surface area is 249 Å². The molecule has 4 heterocycles. The van der Waals surface area contributed by atoms with E-state index in [0.717, 1.165) is 30.1 Å². The predicted octanol–water partition coefficient (Wildman–Crippen LogP) is 4.69. The number of carbonyl (C=O) groups excluding carboxylic acids is 2. The number of nitrogens with zero attached hydrogens (tertiary/aromatic N) is 5. The van der Waals surface area contributed by atoms with E-state index in [-0.39, 0.29) is 17.4 Å². The lowest BCUT2D eigenvalue weighted by Crippen LogP contribution is -2.47. The van der Waals surface area contributed by atoms with Gasteiger partial charge in [0.05, 0.1) is 28.9 Å². The number of thiazole rings is 1. The lowest BCUT2D eigenvalue weighted by atomic mass is 9.90. The number of ether oxygens (including phenoxy) is 1. The topological polar surface area (TPSA) is 101 Å². The van der Waals surface area contributed by atoms with E-state index in [4.69, 9.17) is 9.15 Å². The Balaban J connectivity index is 1.24. The van der Waals surface area contributed by atoms with Crippen molar-refractivity contribution >= 4 is 45.5 Å². The zero-order valence-corrected chi connectivity index (χ0v) is 25.6. The van der Waals surface area contributed by atoms with Crippen LogP contribution in [0.15, 0.2) is 57.4 Å². The van der Waals surface area contributed by atoms with Crippen LogP contribution in [0, 0.1) is 12.3 Å². The molecule has 0 N–H and O–H groups in total. The Hall–Kier alpha value is -3.96. The van der Waals surface area contributed by atoms with E-state index in [0.29, 0.717) is 54.3 Å². The third-order valence-corrected chi connectivity index (χ3v) is 8.49. The van der Waals surface area contributed by atoms with Crippen LogP contribution in [0.2, 0.25) is 0 Å². The second kappa shape index (κ2) is 12.1. The smallest absolute Gasteiger partial charge is 0.261 e. The molecule has 11 heteroatoms. The van der Waals surface area contributed by atoms with Crippen LogP contribution in [0.5, 0.6) is 5.75 Å². The summed E-state index contributed by atoms with van der Waals surface area (Å²) >= 11 is 1.61. The molecule has 0 atom stereocenters. The van der Waals surface area contributed by atoms with Crippen molar-refractivity contribution in [2.75, 3.05) is 43.1 Å². The summed E-state index contributed by atoms with van der Waals surface area (Å²) in [5, 5.41) is 0.598. The van der Waals surface area contributed by atoms with Crippen LogP contribution >= 0.6 is 11.3 Å². The number of furan rings is 1. The lowest BCUT2D eigenvalue weighted by molar-refractivity contribution is -0.137. The van der Waals surface area contributed by atoms with E-state index in [1.54, 1.807) is 58.9 Å². The molecule has 0 fully saturated rings. The summed E-state index contributed by atoms with van der Waals surface area (Å²) in [6.45, 7) is 10.7. The number of amides is 2. The van der Waals surface area contributed by atoms with Gasteiger partial charge in [0.1, 0.15) is 22.5 Å². The largest absolute Gasteiger partial charge is 0.493 e. The standard InChI is InChI=1S/C31H37N5O5S/c1-6-36-25-9-8-22(17-26(25)33(5)29(38)31(3,4)30(36)39)40-15-7-11-34(19-23-18-32-20-42-23)13-14-35-12-10-27-24(28(35)37)16-21(2)41-27/h8-10,12,16-18,20H,6-7,11,13-15,19H2,1-5H3. The minimum atomic E-state index is -1.15. The number of pyridine rings is 1. The number of carbonyl (C=O) groups is 2. The second-order valence-electron chi connectivity index (χ2n) is 11.1. The number of hydrogen-bond acceptors (Lipinski definition) is 8. The Kier molecular flexibility index (Phi) is 8.51. The fourth-order valence-electron chi connectivity index (χ4n) is 5.39. The molecule has 3 aromatic heterocycles. The molecule has 0 saturated carbocycles. The van der Waals surface area contributed by atoms with Crippen LogP contribution < -0.4 is 20.1 Å². The second-order valence-corrected chi connectivity index (χ2v) is 12.1. The molecule has 1 aliphatic rings. The summed E-state index contributed by atoms with van der Waals surface area (Å²) in [7, 11) is 1.70. The molecule has 10 nitrogen and oxygen atoms in total. The van der Waals surface area contributed by atoms with Gasteiger partial charge in [0.2, 0.25) is 11.8 Å². The molecule has 1 aromatic carbocycles. The van der Waals surface area contributed by atoms with Gasteiger partial charge in [0.25, 0.3) is 5.56 Å². The Morgan fingerprint density at radius 1 is 1.07 bits per heavy atom. The van der Waals surface area contributed by atoms with E-state index in [2.05, 4.69) is 9.88 Å². The molecule has 0 spiro atoms. The van der Waals surface area contributed by atoms with Crippen LogP contribution in [0.4, 0.5) is 11.4 Å². The van der Waals surface area contributed by atoms with Crippen LogP contribution in [-0.4, -0.2) is 59.6 Å². The highest BCUT2D eigenvalue weighted by Crippen LogP contribution is 2.40. The Morgan fingerprint density at radius 2 is 1.88 bits per heavy atom. The molecule has 0 unspecified atom stereocenters. The molecule has 4 aromatic rings. The van der Waals surface area contributed by atoms with Gasteiger partial charge >= 0.3 is 0 Å². The van der Waals surface area contributed by atoms with Crippen LogP contribution in [-0.2, 0) is 22.7 Å². The maximum Gasteiger partial charge on any atom is 0.261 e. The maximum absolute atomic E-state index is 13.1. The number of aromatic nitrogens is 2. The van der Waals surface area contributed by atoms with Crippen molar-refractivity contribution < 1.29 is 18.7 Å². The third-order valence-electron chi connectivity index (χ3n) is 7.72. The number of anilines is 2. The lowest BCUT2D eigenvalue weighted by Gasteiger charge is -2.27. The van der Waals surface area contributed by atoms with Gasteiger partial charge in [-0.2, -0.15) is 0 Å². The van der Waals surface area contributed by atoms with Gasteiger partial charge in [-0.1, -0.05) is 0 Å². The van der Waals surface area contributed by atoms with E-state index in [1.807, 2.05) is 49.8 Å². The fraction of sp³-hybridized carbons (Fsp3) is 0.419. The maximum atomic E-state index is 13.1. The molecular weight excluding hydrogens is 554 g/mol. The Morgan fingerprint density at radius 3 is 2.62 bits per heavy atom. The first kappa shape index (κ1) is 29.5. The molecule has 5 rings (SSSR count). The van der Waals surface area contributed by atoms with Crippen LogP contribution in [0.1, 0.15) is 37.8 Å². The van der Waals surface area contributed by atoms with Crippen molar-refractivity contribution in [3.8, 4) is 5.75 Å². The van der Waals surface area contributed by atoms with Gasteiger partial charge in [0, 0.05) is 63.1 Å². The normalized spacial score (nSPS) is 15.0. The van der Waals surface area contributed by atoms with Crippen molar-refractivity contribution in [2.45, 2.75) is 47.2 Å². The van der Waals surface area contributed by atoms with Crippen molar-refractivity contribution in [3.05, 3.63) is 69.2 Å². The molecule has 1 aliphatic heterocycles. The predicted molar refractivity (Wildman–Crippen MR) is 164 cm³/mol. The molecule has 42 heavy (non-hydrogen) atoms. The van der Waals surface area contributed by atoms with Crippen molar-refractivity contribution in [1.82, 2.24) is 14.5 Å². The van der Waals surface area contributed by atoms with Gasteiger partial charge in [-0.15, -0.1) is 11.3 Å². The number of fused-ring (bicyclic) bond motifs is 2. The molecule has 0 radical (unpaired) electrons.